The summed E-state index contributed by atoms with van der Waals surface area (Å²) in [6.45, 7) is 1.36. The number of hydrogen-bond acceptors (Lipinski definition) is 6. The third kappa shape index (κ3) is 4.68. The number of nitro benzene ring substituents is 1. The SMILES string of the molecule is CC(C(=O)O)N(C)C(=O)CSc1ccc(C(N)=O)cc1[N+](=O)[O-]. The van der Waals surface area contributed by atoms with Crippen LogP contribution >= 0.6 is 11.8 Å². The minimum Gasteiger partial charge on any atom is -0.480 e. The van der Waals surface area contributed by atoms with Gasteiger partial charge in [0.15, 0.2) is 0 Å². The molecule has 0 spiro atoms. The van der Waals surface area contributed by atoms with Crippen molar-refractivity contribution in [3.8, 4) is 0 Å². The molecule has 1 unspecified atom stereocenters. The Morgan fingerprint density at radius 1 is 1.43 bits per heavy atom. The number of nitro groups is 1. The number of nitrogens with two attached hydrogens (primary N) is 1. The van der Waals surface area contributed by atoms with E-state index in [1.165, 1.54) is 26.1 Å². The molecule has 0 aliphatic rings. The number of nitrogens with zero attached hydrogens (tertiary/aromatic N) is 2. The van der Waals surface area contributed by atoms with E-state index in [0.717, 1.165) is 22.7 Å². The quantitative estimate of drug-likeness (QED) is 0.422. The molecule has 0 aliphatic carbocycles. The number of benzene rings is 1. The first kappa shape index (κ1) is 18.4. The van der Waals surface area contributed by atoms with Crippen molar-refractivity contribution >= 4 is 35.2 Å². The van der Waals surface area contributed by atoms with Gasteiger partial charge in [0.1, 0.15) is 6.04 Å². The fraction of sp³-hybridized carbons (Fsp3) is 0.308. The third-order valence-corrected chi connectivity index (χ3v) is 4.17. The number of carbonyl (C=O) groups is 3. The molecule has 10 heteroatoms. The van der Waals surface area contributed by atoms with Crippen molar-refractivity contribution in [1.82, 2.24) is 4.90 Å². The highest BCUT2D eigenvalue weighted by Crippen LogP contribution is 2.30. The number of aliphatic carboxylic acids is 1. The number of carbonyl (C=O) groups excluding carboxylic acids is 2. The van der Waals surface area contributed by atoms with E-state index in [-0.39, 0.29) is 21.9 Å². The zero-order chi connectivity index (χ0) is 17.7. The molecule has 0 saturated heterocycles. The molecule has 0 fully saturated rings. The fourth-order valence-electron chi connectivity index (χ4n) is 1.56. The number of amides is 2. The van der Waals surface area contributed by atoms with Crippen LogP contribution in [0, 0.1) is 10.1 Å². The van der Waals surface area contributed by atoms with Gasteiger partial charge in [0.2, 0.25) is 11.8 Å². The Bertz CT molecular complexity index is 663. The van der Waals surface area contributed by atoms with Gasteiger partial charge in [-0.1, -0.05) is 0 Å². The van der Waals surface area contributed by atoms with Crippen molar-refractivity contribution in [2.24, 2.45) is 5.73 Å². The zero-order valence-electron chi connectivity index (χ0n) is 12.4. The second kappa shape index (κ2) is 7.58. The summed E-state index contributed by atoms with van der Waals surface area (Å²) < 4.78 is 0. The molecule has 2 amide bonds. The molecule has 0 aromatic heterocycles. The van der Waals surface area contributed by atoms with Gasteiger partial charge in [-0.15, -0.1) is 11.8 Å². The van der Waals surface area contributed by atoms with Gasteiger partial charge in [0, 0.05) is 18.7 Å². The van der Waals surface area contributed by atoms with Crippen LogP contribution < -0.4 is 5.73 Å². The maximum Gasteiger partial charge on any atom is 0.326 e. The molecule has 9 nitrogen and oxygen atoms in total. The topological polar surface area (TPSA) is 144 Å². The Hall–Kier alpha value is -2.62. The summed E-state index contributed by atoms with van der Waals surface area (Å²) in [5.41, 5.74) is 4.72. The van der Waals surface area contributed by atoms with Crippen molar-refractivity contribution in [2.45, 2.75) is 17.9 Å². The molecule has 0 radical (unpaired) electrons. The average Bonchev–Trinajstić information content (AvgIpc) is 2.50. The Balaban J connectivity index is 2.89. The van der Waals surface area contributed by atoms with Gasteiger partial charge in [-0.3, -0.25) is 19.7 Å². The van der Waals surface area contributed by atoms with E-state index in [1.807, 2.05) is 0 Å². The molecular weight excluding hydrogens is 326 g/mol. The fourth-order valence-corrected chi connectivity index (χ4v) is 2.49. The maximum absolute atomic E-state index is 11.9. The average molecular weight is 341 g/mol. The number of carboxylic acids is 1. The molecule has 124 valence electrons. The largest absolute Gasteiger partial charge is 0.480 e. The summed E-state index contributed by atoms with van der Waals surface area (Å²) >= 11 is 0.883. The van der Waals surface area contributed by atoms with Crippen LogP contribution in [0.3, 0.4) is 0 Å². The lowest BCUT2D eigenvalue weighted by molar-refractivity contribution is -0.387. The van der Waals surface area contributed by atoms with Crippen LogP contribution in [0.2, 0.25) is 0 Å². The minimum atomic E-state index is -1.15. The number of hydrogen-bond donors (Lipinski definition) is 2. The van der Waals surface area contributed by atoms with Gasteiger partial charge in [-0.25, -0.2) is 4.79 Å². The molecule has 1 aromatic carbocycles. The Morgan fingerprint density at radius 2 is 2.04 bits per heavy atom. The highest BCUT2D eigenvalue weighted by Gasteiger charge is 2.23. The maximum atomic E-state index is 11.9. The lowest BCUT2D eigenvalue weighted by Gasteiger charge is -2.21. The van der Waals surface area contributed by atoms with Gasteiger partial charge in [0.05, 0.1) is 15.6 Å². The van der Waals surface area contributed by atoms with Gasteiger partial charge >= 0.3 is 5.97 Å². The molecule has 0 saturated carbocycles. The lowest BCUT2D eigenvalue weighted by Crippen LogP contribution is -2.41. The van der Waals surface area contributed by atoms with Crippen molar-refractivity contribution < 1.29 is 24.4 Å². The van der Waals surface area contributed by atoms with Crippen LogP contribution in [0.15, 0.2) is 23.1 Å². The van der Waals surface area contributed by atoms with E-state index in [4.69, 9.17) is 10.8 Å². The lowest BCUT2D eigenvalue weighted by atomic mass is 10.2. The van der Waals surface area contributed by atoms with E-state index < -0.39 is 28.7 Å². The second-order valence-corrected chi connectivity index (χ2v) is 5.63. The molecule has 0 heterocycles. The molecule has 1 rings (SSSR count). The van der Waals surface area contributed by atoms with E-state index in [1.54, 1.807) is 0 Å². The Labute approximate surface area is 135 Å². The van der Waals surface area contributed by atoms with Gasteiger partial charge in [-0.2, -0.15) is 0 Å². The standard InChI is InChI=1S/C13H15N3O6S/c1-7(13(19)20)15(2)11(17)6-23-10-4-3-8(12(14)18)5-9(10)16(21)22/h3-5,7H,6H2,1-2H3,(H2,14,18)(H,19,20). The summed E-state index contributed by atoms with van der Waals surface area (Å²) in [5, 5.41) is 19.9. The number of rotatable bonds is 7. The van der Waals surface area contributed by atoms with Gasteiger partial charge < -0.3 is 15.7 Å². The van der Waals surface area contributed by atoms with E-state index in [9.17, 15) is 24.5 Å². The molecule has 1 aromatic rings. The summed E-state index contributed by atoms with van der Waals surface area (Å²) in [4.78, 5) is 45.4. The van der Waals surface area contributed by atoms with E-state index in [2.05, 4.69) is 0 Å². The first-order chi connectivity index (χ1) is 10.6. The first-order valence-corrected chi connectivity index (χ1v) is 7.33. The molecule has 0 bridgehead atoms. The minimum absolute atomic E-state index is 0.0102. The van der Waals surface area contributed by atoms with Gasteiger partial charge in [0.25, 0.3) is 5.69 Å². The van der Waals surface area contributed by atoms with Crippen molar-refractivity contribution in [1.29, 1.82) is 0 Å². The van der Waals surface area contributed by atoms with Crippen LogP contribution in [-0.2, 0) is 9.59 Å². The summed E-state index contributed by atoms with van der Waals surface area (Å²) in [6, 6.07) is 2.69. The van der Waals surface area contributed by atoms with Crippen molar-refractivity contribution in [2.75, 3.05) is 12.8 Å². The number of carboxylic acid groups (broad SMARTS) is 1. The van der Waals surface area contributed by atoms with Crippen molar-refractivity contribution in [3.63, 3.8) is 0 Å². The van der Waals surface area contributed by atoms with Crippen LogP contribution in [0.25, 0.3) is 0 Å². The molecule has 23 heavy (non-hydrogen) atoms. The van der Waals surface area contributed by atoms with E-state index >= 15 is 0 Å². The summed E-state index contributed by atoms with van der Waals surface area (Å²) in [7, 11) is 1.34. The summed E-state index contributed by atoms with van der Waals surface area (Å²) in [6.07, 6.45) is 0. The highest BCUT2D eigenvalue weighted by molar-refractivity contribution is 8.00. The van der Waals surface area contributed by atoms with E-state index in [0.29, 0.717) is 0 Å². The normalized spacial score (nSPS) is 11.6. The second-order valence-electron chi connectivity index (χ2n) is 4.61. The predicted octanol–water partition coefficient (Wildman–Crippen LogP) is 0.717. The number of likely N-dealkylation sites (N-methyl/N-ethyl adjacent to an activating group) is 1. The van der Waals surface area contributed by atoms with Crippen LogP contribution in [0.1, 0.15) is 17.3 Å². The number of thioether (sulfide) groups is 1. The predicted molar refractivity (Wildman–Crippen MR) is 82.2 cm³/mol. The first-order valence-electron chi connectivity index (χ1n) is 6.34. The van der Waals surface area contributed by atoms with Gasteiger partial charge in [-0.05, 0) is 19.1 Å². The molecule has 1 atom stereocenters. The Morgan fingerprint density at radius 3 is 2.52 bits per heavy atom. The molecule has 3 N–H and O–H groups in total. The van der Waals surface area contributed by atoms with Crippen LogP contribution in [-0.4, -0.2) is 51.6 Å². The number of primary amides is 1. The monoisotopic (exact) mass is 341 g/mol. The highest BCUT2D eigenvalue weighted by atomic mass is 32.2. The zero-order valence-corrected chi connectivity index (χ0v) is 13.2. The Kier molecular flexibility index (Phi) is 6.08. The van der Waals surface area contributed by atoms with Crippen molar-refractivity contribution in [3.05, 3.63) is 33.9 Å². The third-order valence-electron chi connectivity index (χ3n) is 3.12. The summed E-state index contributed by atoms with van der Waals surface area (Å²) in [5.74, 6) is -2.61. The molecular formula is C13H15N3O6S. The van der Waals surface area contributed by atoms with Crippen LogP contribution in [0.5, 0.6) is 0 Å². The smallest absolute Gasteiger partial charge is 0.326 e. The van der Waals surface area contributed by atoms with Crippen LogP contribution in [0.4, 0.5) is 5.69 Å². The molecule has 0 aliphatic heterocycles.